The molecule has 25 heavy (non-hydrogen) atoms. The van der Waals surface area contributed by atoms with Crippen molar-refractivity contribution in [1.29, 1.82) is 0 Å². The van der Waals surface area contributed by atoms with E-state index in [-0.39, 0.29) is 18.0 Å². The highest BCUT2D eigenvalue weighted by Crippen LogP contribution is 2.38. The van der Waals surface area contributed by atoms with Crippen LogP contribution in [-0.4, -0.2) is 21.7 Å². The molecule has 0 radical (unpaired) electrons. The molecule has 0 bridgehead atoms. The molecule has 0 spiro atoms. The summed E-state index contributed by atoms with van der Waals surface area (Å²) in [5.74, 6) is -0.873. The van der Waals surface area contributed by atoms with Gasteiger partial charge in [0, 0.05) is 28.4 Å². The van der Waals surface area contributed by atoms with Gasteiger partial charge < -0.3 is 5.11 Å². The van der Waals surface area contributed by atoms with E-state index in [2.05, 4.69) is 0 Å². The third kappa shape index (κ3) is 6.99. The molecule has 3 nitrogen and oxygen atoms in total. The lowest BCUT2D eigenvalue weighted by Gasteiger charge is -2.18. The van der Waals surface area contributed by atoms with E-state index in [9.17, 15) is 9.59 Å². The summed E-state index contributed by atoms with van der Waals surface area (Å²) < 4.78 is 0. The number of carboxylic acids is 1. The highest BCUT2D eigenvalue weighted by Gasteiger charge is 2.16. The molecule has 0 saturated carbocycles. The van der Waals surface area contributed by atoms with Crippen LogP contribution in [0.25, 0.3) is 0 Å². The third-order valence-corrected chi connectivity index (χ3v) is 7.83. The molecule has 0 saturated heterocycles. The van der Waals surface area contributed by atoms with Crippen molar-refractivity contribution in [2.24, 2.45) is 0 Å². The van der Waals surface area contributed by atoms with E-state index < -0.39 is 13.9 Å². The minimum Gasteiger partial charge on any atom is -0.481 e. The van der Waals surface area contributed by atoms with Crippen LogP contribution in [0, 0.1) is 0 Å². The molecule has 132 valence electrons. The van der Waals surface area contributed by atoms with Gasteiger partial charge in [0.25, 0.3) is 0 Å². The van der Waals surface area contributed by atoms with Crippen LogP contribution in [-0.2, 0) is 9.59 Å². The lowest BCUT2D eigenvalue weighted by atomic mass is 10.2. The van der Waals surface area contributed by atoms with E-state index in [0.717, 1.165) is 10.6 Å². The van der Waals surface area contributed by atoms with E-state index in [0.29, 0.717) is 22.0 Å². The number of halogens is 2. The van der Waals surface area contributed by atoms with Gasteiger partial charge in [-0.15, -0.1) is 0 Å². The van der Waals surface area contributed by atoms with Gasteiger partial charge in [0.2, 0.25) is 0 Å². The molecule has 0 aromatic heterocycles. The van der Waals surface area contributed by atoms with Gasteiger partial charge in [-0.05, 0) is 49.2 Å². The number of thioether (sulfide) groups is 1. The van der Waals surface area contributed by atoms with Gasteiger partial charge >= 0.3 is 5.97 Å². The van der Waals surface area contributed by atoms with Gasteiger partial charge in [0.15, 0.2) is 5.12 Å². The topological polar surface area (TPSA) is 54.4 Å². The molecular weight excluding hydrogens is 398 g/mol. The second-order valence-corrected chi connectivity index (χ2v) is 9.81. The minimum absolute atomic E-state index is 0.0232. The number of benzene rings is 2. The molecule has 7 heteroatoms. The molecule has 0 aliphatic rings. The van der Waals surface area contributed by atoms with Gasteiger partial charge in [-0.25, -0.2) is 0 Å². The van der Waals surface area contributed by atoms with Crippen LogP contribution in [0.2, 0.25) is 10.0 Å². The van der Waals surface area contributed by atoms with Crippen molar-refractivity contribution >= 4 is 64.6 Å². The van der Waals surface area contributed by atoms with Gasteiger partial charge in [-0.1, -0.05) is 59.2 Å². The number of hydrogen-bond acceptors (Lipinski definition) is 3. The Balaban J connectivity index is 2.07. The van der Waals surface area contributed by atoms with E-state index in [1.807, 2.05) is 48.5 Å². The Hall–Kier alpha value is -1.06. The molecule has 0 amide bonds. The second-order valence-electron chi connectivity index (χ2n) is 5.27. The first-order valence-corrected chi connectivity index (χ1v) is 10.9. The summed E-state index contributed by atoms with van der Waals surface area (Å²) in [6, 6.07) is 15.3. The standard InChI is InChI=1S/C18H17Cl2O3PS/c19-13-4-8-15(9-5-13)24(16-10-6-14(20)7-11-16)12-25-18(23)3-1-2-17(21)22/h4-11H,1-3,12H2,(H,21,22). The van der Waals surface area contributed by atoms with Crippen molar-refractivity contribution in [2.75, 3.05) is 5.49 Å². The van der Waals surface area contributed by atoms with Crippen LogP contribution >= 0.6 is 42.9 Å². The van der Waals surface area contributed by atoms with Crippen LogP contribution in [0.4, 0.5) is 0 Å². The van der Waals surface area contributed by atoms with E-state index in [1.54, 1.807) is 0 Å². The largest absolute Gasteiger partial charge is 0.481 e. The van der Waals surface area contributed by atoms with Crippen molar-refractivity contribution in [2.45, 2.75) is 19.3 Å². The number of aliphatic carboxylic acids is 1. The predicted molar refractivity (Wildman–Crippen MR) is 108 cm³/mol. The molecule has 0 aliphatic carbocycles. The third-order valence-electron chi connectivity index (χ3n) is 3.40. The van der Waals surface area contributed by atoms with Crippen LogP contribution < -0.4 is 10.6 Å². The van der Waals surface area contributed by atoms with E-state index >= 15 is 0 Å². The maximum absolute atomic E-state index is 12.0. The SMILES string of the molecule is O=C(O)CCCC(=O)SCP(c1ccc(Cl)cc1)c1ccc(Cl)cc1. The quantitative estimate of drug-likeness (QED) is 0.624. The summed E-state index contributed by atoms with van der Waals surface area (Å²) in [5, 5.41) is 12.3. The number of carbonyl (C=O) groups excluding carboxylic acids is 1. The summed E-state index contributed by atoms with van der Waals surface area (Å²) in [7, 11) is -0.727. The molecular formula is C18H17Cl2O3PS. The summed E-state index contributed by atoms with van der Waals surface area (Å²) in [6.07, 6.45) is 0.678. The first-order chi connectivity index (χ1) is 12.0. The van der Waals surface area contributed by atoms with E-state index in [1.165, 1.54) is 11.8 Å². The average Bonchev–Trinajstić information content (AvgIpc) is 2.57. The summed E-state index contributed by atoms with van der Waals surface area (Å²) >= 11 is 13.2. The zero-order valence-electron chi connectivity index (χ0n) is 13.3. The zero-order chi connectivity index (χ0) is 18.2. The monoisotopic (exact) mass is 414 g/mol. The zero-order valence-corrected chi connectivity index (χ0v) is 16.5. The first-order valence-electron chi connectivity index (χ1n) is 7.62. The Morgan fingerprint density at radius 1 is 0.880 bits per heavy atom. The summed E-state index contributed by atoms with van der Waals surface area (Å²) in [4.78, 5) is 22.6. The Kier molecular flexibility index (Phi) is 8.25. The van der Waals surface area contributed by atoms with Crippen molar-refractivity contribution in [3.05, 3.63) is 58.6 Å². The minimum atomic E-state index is -0.873. The van der Waals surface area contributed by atoms with Crippen molar-refractivity contribution in [3.8, 4) is 0 Å². The smallest absolute Gasteiger partial charge is 0.303 e. The van der Waals surface area contributed by atoms with Crippen molar-refractivity contribution < 1.29 is 14.7 Å². The molecule has 0 heterocycles. The Labute approximate surface area is 162 Å². The summed E-state index contributed by atoms with van der Waals surface area (Å²) in [6.45, 7) is 0. The maximum Gasteiger partial charge on any atom is 0.303 e. The van der Waals surface area contributed by atoms with Crippen LogP contribution in [0.15, 0.2) is 48.5 Å². The van der Waals surface area contributed by atoms with Gasteiger partial charge in [-0.2, -0.15) is 0 Å². The fourth-order valence-electron chi connectivity index (χ4n) is 2.13. The lowest BCUT2D eigenvalue weighted by Crippen LogP contribution is -2.13. The molecule has 1 N–H and O–H groups in total. The highest BCUT2D eigenvalue weighted by molar-refractivity contribution is 8.18. The Bertz CT molecular complexity index is 675. The average molecular weight is 415 g/mol. The van der Waals surface area contributed by atoms with Crippen molar-refractivity contribution in [3.63, 3.8) is 0 Å². The highest BCUT2D eigenvalue weighted by atomic mass is 35.5. The Morgan fingerprint density at radius 3 is 1.80 bits per heavy atom. The number of rotatable bonds is 8. The first kappa shape index (κ1) is 20.3. The molecule has 0 fully saturated rings. The molecule has 0 atom stereocenters. The van der Waals surface area contributed by atoms with Gasteiger partial charge in [-0.3, -0.25) is 9.59 Å². The van der Waals surface area contributed by atoms with Gasteiger partial charge in [0.1, 0.15) is 0 Å². The van der Waals surface area contributed by atoms with Gasteiger partial charge in [0.05, 0.1) is 0 Å². The normalized spacial score (nSPS) is 10.8. The molecule has 0 aliphatic heterocycles. The molecule has 2 rings (SSSR count). The molecule has 2 aromatic rings. The predicted octanol–water partition coefficient (Wildman–Crippen LogP) is 4.90. The van der Waals surface area contributed by atoms with E-state index in [4.69, 9.17) is 28.3 Å². The number of carbonyl (C=O) groups is 2. The fourth-order valence-corrected chi connectivity index (χ4v) is 6.27. The van der Waals surface area contributed by atoms with Crippen molar-refractivity contribution in [1.82, 2.24) is 0 Å². The second kappa shape index (κ2) is 10.2. The lowest BCUT2D eigenvalue weighted by molar-refractivity contribution is -0.137. The number of carboxylic acid groups (broad SMARTS) is 1. The Morgan fingerprint density at radius 2 is 1.36 bits per heavy atom. The summed E-state index contributed by atoms with van der Waals surface area (Å²) in [5.41, 5.74) is 0.643. The maximum atomic E-state index is 12.0. The number of hydrogen-bond donors (Lipinski definition) is 1. The molecule has 0 unspecified atom stereocenters. The van der Waals surface area contributed by atoms with Crippen LogP contribution in [0.5, 0.6) is 0 Å². The van der Waals surface area contributed by atoms with Crippen LogP contribution in [0.1, 0.15) is 19.3 Å². The van der Waals surface area contributed by atoms with Crippen LogP contribution in [0.3, 0.4) is 0 Å². The fraction of sp³-hybridized carbons (Fsp3) is 0.222. The molecule has 2 aromatic carbocycles.